The summed E-state index contributed by atoms with van der Waals surface area (Å²) in [5.74, 6) is -0.282. The highest BCUT2D eigenvalue weighted by Crippen LogP contribution is 2.14. The maximum Gasteiger partial charge on any atom is 0.349 e. The summed E-state index contributed by atoms with van der Waals surface area (Å²) in [6, 6.07) is 0. The minimum Gasteiger partial charge on any atom is -0.462 e. The first-order chi connectivity index (χ1) is 6.63. The van der Waals surface area contributed by atoms with Crippen molar-refractivity contribution in [2.45, 2.75) is 13.5 Å². The Kier molecular flexibility index (Phi) is 4.03. The molecule has 0 N–H and O–H groups in total. The van der Waals surface area contributed by atoms with Gasteiger partial charge in [0.1, 0.15) is 9.88 Å². The molecule has 0 aromatic carbocycles. The number of nitrogens with zero attached hydrogens (tertiary/aromatic N) is 2. The summed E-state index contributed by atoms with van der Waals surface area (Å²) in [7, 11) is 3.93. The van der Waals surface area contributed by atoms with Crippen LogP contribution in [0.25, 0.3) is 0 Å². The minimum absolute atomic E-state index is 0.282. The zero-order valence-electron chi connectivity index (χ0n) is 8.61. The number of hydrogen-bond acceptors (Lipinski definition) is 5. The van der Waals surface area contributed by atoms with E-state index in [-0.39, 0.29) is 5.97 Å². The van der Waals surface area contributed by atoms with Gasteiger partial charge in [-0.05, 0) is 21.0 Å². The van der Waals surface area contributed by atoms with Gasteiger partial charge < -0.3 is 9.64 Å². The van der Waals surface area contributed by atoms with Crippen LogP contribution in [0.5, 0.6) is 0 Å². The van der Waals surface area contributed by atoms with Crippen LogP contribution in [0.3, 0.4) is 0 Å². The molecule has 1 rings (SSSR count). The Balaban J connectivity index is 2.63. The summed E-state index contributed by atoms with van der Waals surface area (Å²) in [6.45, 7) is 2.95. The van der Waals surface area contributed by atoms with Crippen molar-refractivity contribution in [3.05, 3.63) is 16.1 Å². The molecule has 0 bridgehead atoms. The molecule has 1 aromatic rings. The summed E-state index contributed by atoms with van der Waals surface area (Å²) >= 11 is 1.38. The highest BCUT2D eigenvalue weighted by molar-refractivity contribution is 7.13. The third kappa shape index (κ3) is 3.08. The van der Waals surface area contributed by atoms with Crippen molar-refractivity contribution in [2.75, 3.05) is 20.7 Å². The molecule has 0 atom stereocenters. The van der Waals surface area contributed by atoms with Crippen molar-refractivity contribution >= 4 is 17.3 Å². The second-order valence-corrected chi connectivity index (χ2v) is 4.19. The molecule has 0 aliphatic carbocycles. The van der Waals surface area contributed by atoms with E-state index in [9.17, 15) is 4.79 Å². The monoisotopic (exact) mass is 214 g/mol. The van der Waals surface area contributed by atoms with Gasteiger partial charge in [0.25, 0.3) is 0 Å². The first kappa shape index (κ1) is 11.1. The Hall–Kier alpha value is -0.940. The molecule has 0 radical (unpaired) electrons. The third-order valence-electron chi connectivity index (χ3n) is 1.48. The fraction of sp³-hybridized carbons (Fsp3) is 0.556. The molecule has 14 heavy (non-hydrogen) atoms. The van der Waals surface area contributed by atoms with Crippen LogP contribution in [0.4, 0.5) is 0 Å². The van der Waals surface area contributed by atoms with E-state index in [0.717, 1.165) is 11.6 Å². The molecule has 0 unspecified atom stereocenters. The largest absolute Gasteiger partial charge is 0.462 e. The topological polar surface area (TPSA) is 42.4 Å². The van der Waals surface area contributed by atoms with Crippen LogP contribution in [0, 0.1) is 0 Å². The second-order valence-electron chi connectivity index (χ2n) is 3.08. The number of thiazole rings is 1. The number of ether oxygens (including phenoxy) is 1. The van der Waals surface area contributed by atoms with Gasteiger partial charge in [-0.1, -0.05) is 0 Å². The molecule has 0 spiro atoms. The number of carbonyl (C=O) groups excluding carboxylic acids is 1. The van der Waals surface area contributed by atoms with Crippen LogP contribution < -0.4 is 0 Å². The van der Waals surface area contributed by atoms with E-state index in [1.165, 1.54) is 11.3 Å². The third-order valence-corrected chi connectivity index (χ3v) is 2.44. The van der Waals surface area contributed by atoms with Crippen molar-refractivity contribution < 1.29 is 9.53 Å². The Morgan fingerprint density at radius 3 is 2.93 bits per heavy atom. The van der Waals surface area contributed by atoms with E-state index in [1.54, 1.807) is 13.1 Å². The average Bonchev–Trinajstić information content (AvgIpc) is 2.52. The zero-order valence-corrected chi connectivity index (χ0v) is 9.43. The molecule has 0 aliphatic rings. The molecule has 4 nitrogen and oxygen atoms in total. The van der Waals surface area contributed by atoms with Crippen LogP contribution >= 0.6 is 11.3 Å². The Bertz CT molecular complexity index is 310. The van der Waals surface area contributed by atoms with Gasteiger partial charge in [-0.2, -0.15) is 0 Å². The summed E-state index contributed by atoms with van der Waals surface area (Å²) < 4.78 is 4.86. The van der Waals surface area contributed by atoms with E-state index >= 15 is 0 Å². The molecule has 0 saturated carbocycles. The van der Waals surface area contributed by atoms with E-state index in [4.69, 9.17) is 4.74 Å². The van der Waals surface area contributed by atoms with Gasteiger partial charge in [-0.15, -0.1) is 11.3 Å². The van der Waals surface area contributed by atoms with E-state index < -0.39 is 0 Å². The maximum absolute atomic E-state index is 11.3. The molecule has 0 aliphatic heterocycles. The fourth-order valence-electron chi connectivity index (χ4n) is 0.950. The first-order valence-electron chi connectivity index (χ1n) is 4.40. The van der Waals surface area contributed by atoms with Crippen LogP contribution in [-0.2, 0) is 11.3 Å². The molecule has 78 valence electrons. The van der Waals surface area contributed by atoms with Crippen LogP contribution in [0.2, 0.25) is 0 Å². The molecular weight excluding hydrogens is 200 g/mol. The molecule has 0 amide bonds. The van der Waals surface area contributed by atoms with E-state index in [0.29, 0.717) is 11.5 Å². The van der Waals surface area contributed by atoms with Gasteiger partial charge >= 0.3 is 5.97 Å². The summed E-state index contributed by atoms with van der Waals surface area (Å²) in [5, 5.41) is 0.929. The number of esters is 1. The number of hydrogen-bond donors (Lipinski definition) is 0. The predicted molar refractivity (Wildman–Crippen MR) is 55.5 cm³/mol. The zero-order chi connectivity index (χ0) is 10.6. The lowest BCUT2D eigenvalue weighted by Crippen LogP contribution is -2.10. The first-order valence-corrected chi connectivity index (χ1v) is 5.21. The van der Waals surface area contributed by atoms with Gasteiger partial charge in [0.2, 0.25) is 0 Å². The van der Waals surface area contributed by atoms with Crippen molar-refractivity contribution in [3.63, 3.8) is 0 Å². The highest BCUT2D eigenvalue weighted by atomic mass is 32.1. The normalized spacial score (nSPS) is 10.6. The van der Waals surface area contributed by atoms with Crippen molar-refractivity contribution in [2.24, 2.45) is 0 Å². The van der Waals surface area contributed by atoms with Gasteiger partial charge in [0, 0.05) is 6.54 Å². The molecule has 5 heteroatoms. The second kappa shape index (κ2) is 5.07. The Morgan fingerprint density at radius 2 is 2.36 bits per heavy atom. The van der Waals surface area contributed by atoms with Gasteiger partial charge in [-0.3, -0.25) is 0 Å². The van der Waals surface area contributed by atoms with Gasteiger partial charge in [-0.25, -0.2) is 9.78 Å². The minimum atomic E-state index is -0.282. The number of carbonyl (C=O) groups is 1. The molecule has 1 aromatic heterocycles. The van der Waals surface area contributed by atoms with Crippen LogP contribution in [-0.4, -0.2) is 36.6 Å². The highest BCUT2D eigenvalue weighted by Gasteiger charge is 2.11. The van der Waals surface area contributed by atoms with Gasteiger partial charge in [0.15, 0.2) is 0 Å². The molecule has 1 heterocycles. The molecular formula is C9H14N2O2S. The lowest BCUT2D eigenvalue weighted by atomic mass is 10.5. The van der Waals surface area contributed by atoms with Crippen LogP contribution in [0.15, 0.2) is 6.20 Å². The van der Waals surface area contributed by atoms with Crippen molar-refractivity contribution in [1.29, 1.82) is 0 Å². The van der Waals surface area contributed by atoms with Crippen LogP contribution in [0.1, 0.15) is 21.6 Å². The number of aromatic nitrogens is 1. The Labute approximate surface area is 87.5 Å². The summed E-state index contributed by atoms with van der Waals surface area (Å²) in [6.07, 6.45) is 1.57. The maximum atomic E-state index is 11.3. The van der Waals surface area contributed by atoms with E-state index in [1.807, 2.05) is 19.0 Å². The predicted octanol–water partition coefficient (Wildman–Crippen LogP) is 1.38. The molecule has 0 fully saturated rings. The van der Waals surface area contributed by atoms with Gasteiger partial charge in [0.05, 0.1) is 12.8 Å². The SMILES string of the molecule is CCOC(=O)c1cnc(CN(C)C)s1. The fourth-order valence-corrected chi connectivity index (χ4v) is 1.88. The van der Waals surface area contributed by atoms with Crippen molar-refractivity contribution in [1.82, 2.24) is 9.88 Å². The van der Waals surface area contributed by atoms with Crippen molar-refractivity contribution in [3.8, 4) is 0 Å². The summed E-state index contributed by atoms with van der Waals surface area (Å²) in [5.41, 5.74) is 0. The lowest BCUT2D eigenvalue weighted by Gasteiger charge is -2.04. The molecule has 0 saturated heterocycles. The Morgan fingerprint density at radius 1 is 1.64 bits per heavy atom. The lowest BCUT2D eigenvalue weighted by molar-refractivity contribution is 0.0532. The summed E-state index contributed by atoms with van der Waals surface area (Å²) in [4.78, 5) is 18.0. The quantitative estimate of drug-likeness (QED) is 0.710. The number of rotatable bonds is 4. The smallest absolute Gasteiger partial charge is 0.349 e. The standard InChI is InChI=1S/C9H14N2O2S/c1-4-13-9(12)7-5-10-8(14-7)6-11(2)3/h5H,4,6H2,1-3H3. The van der Waals surface area contributed by atoms with E-state index in [2.05, 4.69) is 4.98 Å². The average molecular weight is 214 g/mol.